The molecule has 2 bridgehead atoms. The van der Waals surface area contributed by atoms with Crippen LogP contribution in [0.5, 0.6) is 0 Å². The Labute approximate surface area is 110 Å². The molecule has 0 aromatic carbocycles. The molecule has 0 aromatic heterocycles. The molecule has 3 aliphatic carbocycles. The molecule has 3 rings (SSSR count). The number of oxime groups is 1. The Hall–Kier alpha value is -0.570. The van der Waals surface area contributed by atoms with E-state index in [4.69, 9.17) is 0 Å². The number of hydrogen-bond donors (Lipinski definition) is 2. The SMILES string of the molecule is O/N=C1/[C@H]2CC[C@H](C2)[C@@H]1NC1CCCCCCC1. The van der Waals surface area contributed by atoms with E-state index in [1.807, 2.05) is 0 Å². The number of nitrogens with zero attached hydrogens (tertiary/aromatic N) is 1. The summed E-state index contributed by atoms with van der Waals surface area (Å²) in [6.45, 7) is 0. The molecule has 3 saturated carbocycles. The van der Waals surface area contributed by atoms with Gasteiger partial charge in [0.2, 0.25) is 0 Å². The third-order valence-electron chi connectivity index (χ3n) is 5.32. The summed E-state index contributed by atoms with van der Waals surface area (Å²) in [5.74, 6) is 1.32. The van der Waals surface area contributed by atoms with E-state index in [2.05, 4.69) is 10.5 Å². The van der Waals surface area contributed by atoms with Crippen molar-refractivity contribution in [2.75, 3.05) is 0 Å². The Morgan fingerprint density at radius 3 is 2.39 bits per heavy atom. The first-order chi connectivity index (χ1) is 8.88. The van der Waals surface area contributed by atoms with Gasteiger partial charge in [0.05, 0.1) is 11.8 Å². The standard InChI is InChI=1S/C15H26N2O/c18-17-15-12-9-8-11(10-12)14(15)16-13-6-4-2-1-3-5-7-13/h11-14,16,18H,1-10H2/b17-15-/t11-,12+,14+/m1/s1. The maximum atomic E-state index is 9.24. The molecule has 2 N–H and O–H groups in total. The molecule has 3 atom stereocenters. The zero-order valence-electron chi connectivity index (χ0n) is 11.3. The van der Waals surface area contributed by atoms with Gasteiger partial charge in [-0.15, -0.1) is 0 Å². The molecule has 3 nitrogen and oxygen atoms in total. The number of hydrogen-bond acceptors (Lipinski definition) is 3. The van der Waals surface area contributed by atoms with Crippen LogP contribution in [0.25, 0.3) is 0 Å². The highest BCUT2D eigenvalue weighted by Crippen LogP contribution is 2.43. The molecule has 0 radical (unpaired) electrons. The first-order valence-electron chi connectivity index (χ1n) is 7.86. The molecule has 18 heavy (non-hydrogen) atoms. The van der Waals surface area contributed by atoms with Gasteiger partial charge < -0.3 is 10.5 Å². The Kier molecular flexibility index (Phi) is 3.88. The molecule has 3 aliphatic rings. The van der Waals surface area contributed by atoms with Gasteiger partial charge in [-0.1, -0.05) is 37.3 Å². The third-order valence-corrected chi connectivity index (χ3v) is 5.32. The van der Waals surface area contributed by atoms with Crippen molar-refractivity contribution in [3.05, 3.63) is 0 Å². The summed E-state index contributed by atoms with van der Waals surface area (Å²) in [4.78, 5) is 0. The minimum atomic E-state index is 0.387. The third kappa shape index (κ3) is 2.42. The molecule has 3 heteroatoms. The van der Waals surface area contributed by atoms with E-state index in [0.29, 0.717) is 18.0 Å². The van der Waals surface area contributed by atoms with Crippen molar-refractivity contribution in [2.24, 2.45) is 17.0 Å². The molecule has 0 heterocycles. The van der Waals surface area contributed by atoms with E-state index >= 15 is 0 Å². The largest absolute Gasteiger partial charge is 0.411 e. The molecule has 102 valence electrons. The van der Waals surface area contributed by atoms with E-state index in [-0.39, 0.29) is 0 Å². The lowest BCUT2D eigenvalue weighted by Crippen LogP contribution is -2.46. The lowest BCUT2D eigenvalue weighted by atomic mass is 9.90. The maximum absolute atomic E-state index is 9.24. The van der Waals surface area contributed by atoms with Crippen LogP contribution in [0, 0.1) is 11.8 Å². The van der Waals surface area contributed by atoms with Crippen LogP contribution in [-0.2, 0) is 0 Å². The first-order valence-corrected chi connectivity index (χ1v) is 7.86. The summed E-state index contributed by atoms with van der Waals surface area (Å²) >= 11 is 0. The topological polar surface area (TPSA) is 44.6 Å². The molecule has 0 unspecified atom stereocenters. The van der Waals surface area contributed by atoms with E-state index in [1.165, 1.54) is 64.2 Å². The molecule has 0 aliphatic heterocycles. The number of nitrogens with one attached hydrogen (secondary N) is 1. The second kappa shape index (κ2) is 5.60. The summed E-state index contributed by atoms with van der Waals surface area (Å²) in [7, 11) is 0. The molecular formula is C15H26N2O. The summed E-state index contributed by atoms with van der Waals surface area (Å²) < 4.78 is 0. The van der Waals surface area contributed by atoms with Gasteiger partial charge in [0.1, 0.15) is 0 Å². The normalized spacial score (nSPS) is 40.0. The average molecular weight is 250 g/mol. The van der Waals surface area contributed by atoms with Crippen LogP contribution in [0.4, 0.5) is 0 Å². The number of rotatable bonds is 2. The lowest BCUT2D eigenvalue weighted by molar-refractivity contribution is 0.300. The van der Waals surface area contributed by atoms with Gasteiger partial charge in [-0.2, -0.15) is 0 Å². The fraction of sp³-hybridized carbons (Fsp3) is 0.933. The smallest absolute Gasteiger partial charge is 0.0773 e. The summed E-state index contributed by atoms with van der Waals surface area (Å²) in [6.07, 6.45) is 13.4. The van der Waals surface area contributed by atoms with Crippen molar-refractivity contribution in [3.8, 4) is 0 Å². The van der Waals surface area contributed by atoms with Gasteiger partial charge >= 0.3 is 0 Å². The van der Waals surface area contributed by atoms with Crippen molar-refractivity contribution in [1.29, 1.82) is 0 Å². The fourth-order valence-electron chi connectivity index (χ4n) is 4.33. The Morgan fingerprint density at radius 2 is 1.67 bits per heavy atom. The molecular weight excluding hydrogens is 224 g/mol. The van der Waals surface area contributed by atoms with Crippen molar-refractivity contribution in [1.82, 2.24) is 5.32 Å². The van der Waals surface area contributed by atoms with Gasteiger partial charge in [0.25, 0.3) is 0 Å². The van der Waals surface area contributed by atoms with Crippen LogP contribution in [0.15, 0.2) is 5.16 Å². The van der Waals surface area contributed by atoms with Crippen LogP contribution in [0.2, 0.25) is 0 Å². The molecule has 0 saturated heterocycles. The predicted molar refractivity (Wildman–Crippen MR) is 73.1 cm³/mol. The van der Waals surface area contributed by atoms with Crippen LogP contribution in [-0.4, -0.2) is 23.0 Å². The predicted octanol–water partition coefficient (Wildman–Crippen LogP) is 3.32. The highest BCUT2D eigenvalue weighted by Gasteiger charge is 2.45. The van der Waals surface area contributed by atoms with Crippen molar-refractivity contribution < 1.29 is 5.21 Å². The highest BCUT2D eigenvalue weighted by atomic mass is 16.4. The zero-order valence-corrected chi connectivity index (χ0v) is 11.3. The van der Waals surface area contributed by atoms with Crippen LogP contribution in [0.1, 0.15) is 64.2 Å². The van der Waals surface area contributed by atoms with Crippen LogP contribution >= 0.6 is 0 Å². The monoisotopic (exact) mass is 250 g/mol. The highest BCUT2D eigenvalue weighted by molar-refractivity contribution is 5.94. The van der Waals surface area contributed by atoms with Gasteiger partial charge in [-0.3, -0.25) is 0 Å². The van der Waals surface area contributed by atoms with Crippen molar-refractivity contribution >= 4 is 5.71 Å². The van der Waals surface area contributed by atoms with Gasteiger partial charge in [-0.05, 0) is 38.0 Å². The van der Waals surface area contributed by atoms with E-state index in [9.17, 15) is 5.21 Å². The van der Waals surface area contributed by atoms with E-state index in [0.717, 1.165) is 11.6 Å². The lowest BCUT2D eigenvalue weighted by Gasteiger charge is -2.30. The van der Waals surface area contributed by atoms with Gasteiger partial charge in [0, 0.05) is 12.0 Å². The summed E-state index contributed by atoms with van der Waals surface area (Å²) in [6, 6.07) is 1.05. The van der Waals surface area contributed by atoms with Crippen LogP contribution < -0.4 is 5.32 Å². The first kappa shape index (κ1) is 12.5. The molecule has 0 amide bonds. The Bertz CT molecular complexity index is 308. The van der Waals surface area contributed by atoms with E-state index < -0.39 is 0 Å². The summed E-state index contributed by atoms with van der Waals surface area (Å²) in [5.41, 5.74) is 1.06. The second-order valence-electron chi connectivity index (χ2n) is 6.48. The molecule has 3 fully saturated rings. The van der Waals surface area contributed by atoms with E-state index in [1.54, 1.807) is 0 Å². The summed E-state index contributed by atoms with van der Waals surface area (Å²) in [5, 5.41) is 16.7. The van der Waals surface area contributed by atoms with Gasteiger partial charge in [-0.25, -0.2) is 0 Å². The number of fused-ring (bicyclic) bond motifs is 2. The average Bonchev–Trinajstić information content (AvgIpc) is 2.92. The van der Waals surface area contributed by atoms with Crippen LogP contribution in [0.3, 0.4) is 0 Å². The van der Waals surface area contributed by atoms with Gasteiger partial charge in [0.15, 0.2) is 0 Å². The fourth-order valence-corrected chi connectivity index (χ4v) is 4.33. The van der Waals surface area contributed by atoms with Crippen molar-refractivity contribution in [2.45, 2.75) is 76.3 Å². The quantitative estimate of drug-likeness (QED) is 0.583. The Balaban J connectivity index is 1.61. The minimum Gasteiger partial charge on any atom is -0.411 e. The Morgan fingerprint density at radius 1 is 0.944 bits per heavy atom. The zero-order chi connectivity index (χ0) is 12.4. The molecule has 0 aromatic rings. The second-order valence-corrected chi connectivity index (χ2v) is 6.48. The maximum Gasteiger partial charge on any atom is 0.0773 e. The molecule has 0 spiro atoms. The minimum absolute atomic E-state index is 0.387. The van der Waals surface area contributed by atoms with Crippen molar-refractivity contribution in [3.63, 3.8) is 0 Å².